The van der Waals surface area contributed by atoms with E-state index in [9.17, 15) is 9.59 Å². The highest BCUT2D eigenvalue weighted by Gasteiger charge is 2.14. The van der Waals surface area contributed by atoms with Crippen molar-refractivity contribution in [1.29, 1.82) is 0 Å². The molecule has 2 aromatic carbocycles. The van der Waals surface area contributed by atoms with Crippen LogP contribution < -0.4 is 10.6 Å². The van der Waals surface area contributed by atoms with Crippen LogP contribution in [0, 0.1) is 0 Å². The fourth-order valence-corrected chi connectivity index (χ4v) is 2.81. The van der Waals surface area contributed by atoms with Crippen LogP contribution in [-0.4, -0.2) is 16.8 Å². The van der Waals surface area contributed by atoms with E-state index in [1.165, 1.54) is 11.8 Å². The smallest absolute Gasteiger partial charge is 0.257 e. The zero-order valence-electron chi connectivity index (χ0n) is 16.9. The number of aromatic nitrogens is 1. The van der Waals surface area contributed by atoms with Crippen LogP contribution in [-0.2, 0) is 12.0 Å². The maximum absolute atomic E-state index is 12.4. The van der Waals surface area contributed by atoms with Crippen LogP contribution >= 0.6 is 0 Å². The van der Waals surface area contributed by atoms with E-state index in [1.807, 2.05) is 48.5 Å². The Hall–Kier alpha value is -3.47. The lowest BCUT2D eigenvalue weighted by atomic mass is 9.87. The third-order valence-corrected chi connectivity index (χ3v) is 4.60. The molecule has 5 heteroatoms. The molecular weight excluding hydrogens is 362 g/mol. The van der Waals surface area contributed by atoms with Crippen molar-refractivity contribution >= 4 is 17.5 Å². The van der Waals surface area contributed by atoms with Crippen molar-refractivity contribution < 1.29 is 9.59 Å². The number of hydrogen-bond acceptors (Lipinski definition) is 3. The SMILES string of the molecule is CC(C)(C)c1ccc(C(=O)NCc2ccc(NC(=O)c3cccnc3)cc2)cc1. The number of carbonyl (C=O) groups is 2. The van der Waals surface area contributed by atoms with Crippen molar-refractivity contribution in [3.05, 3.63) is 95.3 Å². The normalized spacial score (nSPS) is 11.0. The number of amides is 2. The van der Waals surface area contributed by atoms with Crippen molar-refractivity contribution in [3.8, 4) is 0 Å². The van der Waals surface area contributed by atoms with Gasteiger partial charge < -0.3 is 10.6 Å². The molecule has 0 spiro atoms. The summed E-state index contributed by atoms with van der Waals surface area (Å²) in [5.41, 5.74) is 4.02. The van der Waals surface area contributed by atoms with Gasteiger partial charge in [-0.15, -0.1) is 0 Å². The molecule has 1 heterocycles. The van der Waals surface area contributed by atoms with E-state index < -0.39 is 0 Å². The zero-order valence-corrected chi connectivity index (χ0v) is 16.9. The van der Waals surface area contributed by atoms with E-state index >= 15 is 0 Å². The summed E-state index contributed by atoms with van der Waals surface area (Å²) in [6.45, 7) is 6.84. The molecule has 0 aliphatic heterocycles. The molecule has 0 bridgehead atoms. The average Bonchev–Trinajstić information content (AvgIpc) is 2.73. The molecule has 0 aliphatic carbocycles. The summed E-state index contributed by atoms with van der Waals surface area (Å²) < 4.78 is 0. The fraction of sp³-hybridized carbons (Fsp3) is 0.208. The van der Waals surface area contributed by atoms with Crippen LogP contribution in [0.5, 0.6) is 0 Å². The topological polar surface area (TPSA) is 71.1 Å². The first kappa shape index (κ1) is 20.3. The average molecular weight is 387 g/mol. The predicted molar refractivity (Wildman–Crippen MR) is 115 cm³/mol. The largest absolute Gasteiger partial charge is 0.348 e. The fourth-order valence-electron chi connectivity index (χ4n) is 2.81. The summed E-state index contributed by atoms with van der Waals surface area (Å²) >= 11 is 0. The molecule has 29 heavy (non-hydrogen) atoms. The van der Waals surface area contributed by atoms with Crippen LogP contribution in [0.2, 0.25) is 0 Å². The van der Waals surface area contributed by atoms with Gasteiger partial charge in [0.05, 0.1) is 5.56 Å². The van der Waals surface area contributed by atoms with Gasteiger partial charge in [0.25, 0.3) is 11.8 Å². The van der Waals surface area contributed by atoms with Crippen LogP contribution in [0.15, 0.2) is 73.1 Å². The van der Waals surface area contributed by atoms with Gasteiger partial charge in [0.2, 0.25) is 0 Å². The summed E-state index contributed by atoms with van der Waals surface area (Å²) in [5, 5.41) is 5.75. The summed E-state index contributed by atoms with van der Waals surface area (Å²) in [4.78, 5) is 28.5. The Morgan fingerprint density at radius 1 is 0.862 bits per heavy atom. The summed E-state index contributed by atoms with van der Waals surface area (Å²) in [5.74, 6) is -0.322. The Kier molecular flexibility index (Phi) is 6.07. The minimum atomic E-state index is -0.210. The molecular formula is C24H25N3O2. The Morgan fingerprint density at radius 3 is 2.14 bits per heavy atom. The first-order valence-corrected chi connectivity index (χ1v) is 9.52. The number of pyridine rings is 1. The van der Waals surface area contributed by atoms with Gasteiger partial charge in [-0.05, 0) is 52.9 Å². The number of nitrogens with one attached hydrogen (secondary N) is 2. The van der Waals surface area contributed by atoms with E-state index in [0.29, 0.717) is 23.4 Å². The summed E-state index contributed by atoms with van der Waals surface area (Å²) in [6, 6.07) is 18.5. The Balaban J connectivity index is 1.54. The van der Waals surface area contributed by atoms with Crippen molar-refractivity contribution in [2.75, 3.05) is 5.32 Å². The van der Waals surface area contributed by atoms with Crippen molar-refractivity contribution in [3.63, 3.8) is 0 Å². The first-order chi connectivity index (χ1) is 13.8. The third kappa shape index (κ3) is 5.51. The highest BCUT2D eigenvalue weighted by atomic mass is 16.2. The van der Waals surface area contributed by atoms with Crippen LogP contribution in [0.4, 0.5) is 5.69 Å². The molecule has 1 aromatic heterocycles. The van der Waals surface area contributed by atoms with E-state index in [4.69, 9.17) is 0 Å². The van der Waals surface area contributed by atoms with Crippen LogP contribution in [0.3, 0.4) is 0 Å². The molecule has 0 aliphatic rings. The van der Waals surface area contributed by atoms with Gasteiger partial charge >= 0.3 is 0 Å². The van der Waals surface area contributed by atoms with Gasteiger partial charge in [-0.2, -0.15) is 0 Å². The molecule has 0 saturated carbocycles. The van der Waals surface area contributed by atoms with E-state index in [2.05, 4.69) is 36.4 Å². The quantitative estimate of drug-likeness (QED) is 0.674. The summed E-state index contributed by atoms with van der Waals surface area (Å²) in [6.07, 6.45) is 3.14. The van der Waals surface area contributed by atoms with Gasteiger partial charge in [-0.3, -0.25) is 14.6 Å². The Bertz CT molecular complexity index is 973. The van der Waals surface area contributed by atoms with Crippen LogP contribution in [0.1, 0.15) is 52.6 Å². The molecule has 148 valence electrons. The second-order valence-electron chi connectivity index (χ2n) is 7.90. The lowest BCUT2D eigenvalue weighted by Crippen LogP contribution is -2.23. The standard InChI is InChI=1S/C24H25N3O2/c1-24(2,3)20-10-8-18(9-11-20)22(28)26-15-17-6-12-21(13-7-17)27-23(29)19-5-4-14-25-16-19/h4-14,16H,15H2,1-3H3,(H,26,28)(H,27,29). The number of hydrogen-bond donors (Lipinski definition) is 2. The lowest BCUT2D eigenvalue weighted by Gasteiger charge is -2.19. The molecule has 0 unspecified atom stereocenters. The number of nitrogens with zero attached hydrogens (tertiary/aromatic N) is 1. The van der Waals surface area contributed by atoms with Gasteiger partial charge in [-0.25, -0.2) is 0 Å². The van der Waals surface area contributed by atoms with Gasteiger partial charge in [0.15, 0.2) is 0 Å². The van der Waals surface area contributed by atoms with E-state index in [-0.39, 0.29) is 17.2 Å². The van der Waals surface area contributed by atoms with Gasteiger partial charge in [-0.1, -0.05) is 45.0 Å². The number of rotatable bonds is 5. The third-order valence-electron chi connectivity index (χ3n) is 4.60. The first-order valence-electron chi connectivity index (χ1n) is 9.52. The van der Waals surface area contributed by atoms with Crippen LogP contribution in [0.25, 0.3) is 0 Å². The van der Waals surface area contributed by atoms with Gasteiger partial charge in [0, 0.05) is 30.2 Å². The molecule has 0 atom stereocenters. The number of anilines is 1. The number of benzene rings is 2. The molecule has 3 aromatic rings. The second-order valence-corrected chi connectivity index (χ2v) is 7.90. The van der Waals surface area contributed by atoms with Crippen molar-refractivity contribution in [1.82, 2.24) is 10.3 Å². The molecule has 5 nitrogen and oxygen atoms in total. The molecule has 0 fully saturated rings. The minimum Gasteiger partial charge on any atom is -0.348 e. The highest BCUT2D eigenvalue weighted by molar-refractivity contribution is 6.04. The molecule has 0 radical (unpaired) electrons. The van der Waals surface area contributed by atoms with Crippen molar-refractivity contribution in [2.45, 2.75) is 32.7 Å². The second kappa shape index (κ2) is 8.69. The maximum atomic E-state index is 12.4. The molecule has 3 rings (SSSR count). The molecule has 2 N–H and O–H groups in total. The van der Waals surface area contributed by atoms with E-state index in [0.717, 1.165) is 5.56 Å². The van der Waals surface area contributed by atoms with E-state index in [1.54, 1.807) is 18.3 Å². The minimum absolute atomic E-state index is 0.0587. The van der Waals surface area contributed by atoms with Gasteiger partial charge in [0.1, 0.15) is 0 Å². The Morgan fingerprint density at radius 2 is 1.55 bits per heavy atom. The molecule has 2 amide bonds. The number of carbonyl (C=O) groups excluding carboxylic acids is 2. The Labute approximate surface area is 171 Å². The zero-order chi connectivity index (χ0) is 20.9. The van der Waals surface area contributed by atoms with Crippen molar-refractivity contribution in [2.24, 2.45) is 0 Å². The highest BCUT2D eigenvalue weighted by Crippen LogP contribution is 2.22. The predicted octanol–water partition coefficient (Wildman–Crippen LogP) is 4.56. The molecule has 0 saturated heterocycles. The maximum Gasteiger partial charge on any atom is 0.257 e. The summed E-state index contributed by atoms with van der Waals surface area (Å²) in [7, 11) is 0. The lowest BCUT2D eigenvalue weighted by molar-refractivity contribution is 0.0950. The monoisotopic (exact) mass is 387 g/mol.